The van der Waals surface area contributed by atoms with Gasteiger partial charge in [0.1, 0.15) is 0 Å². The zero-order valence-corrected chi connectivity index (χ0v) is 10.8. The molecule has 0 fully saturated rings. The van der Waals surface area contributed by atoms with Gasteiger partial charge in [0.15, 0.2) is 0 Å². The molecule has 0 aliphatic rings. The summed E-state index contributed by atoms with van der Waals surface area (Å²) >= 11 is 0. The van der Waals surface area contributed by atoms with E-state index in [-0.39, 0.29) is 0 Å². The third kappa shape index (κ3) is 3.53. The average molecular weight is 221 g/mol. The number of nitrogens with zero attached hydrogens (tertiary/aromatic N) is 1. The molecule has 0 saturated heterocycles. The van der Waals surface area contributed by atoms with Crippen LogP contribution in [0.15, 0.2) is 24.3 Å². The van der Waals surface area contributed by atoms with Crippen molar-refractivity contribution < 1.29 is 5.11 Å². The number of benzene rings is 1. The molecule has 0 heterocycles. The van der Waals surface area contributed by atoms with E-state index in [0.717, 1.165) is 17.8 Å². The maximum atomic E-state index is 9.70. The van der Waals surface area contributed by atoms with Crippen molar-refractivity contribution in [3.05, 3.63) is 29.8 Å². The number of aliphatic hydroxyl groups excluding tert-OH is 1. The molecule has 16 heavy (non-hydrogen) atoms. The van der Waals surface area contributed by atoms with Crippen LogP contribution in [0.1, 0.15) is 38.9 Å². The van der Waals surface area contributed by atoms with Crippen molar-refractivity contribution >= 4 is 5.69 Å². The maximum Gasteiger partial charge on any atom is 0.0781 e. The molecule has 0 saturated carbocycles. The van der Waals surface area contributed by atoms with Crippen LogP contribution in [0.4, 0.5) is 5.69 Å². The van der Waals surface area contributed by atoms with Crippen molar-refractivity contribution in [2.24, 2.45) is 5.92 Å². The third-order valence-corrected chi connectivity index (χ3v) is 2.84. The van der Waals surface area contributed by atoms with Gasteiger partial charge < -0.3 is 10.0 Å². The highest BCUT2D eigenvalue weighted by atomic mass is 16.3. The van der Waals surface area contributed by atoms with Crippen molar-refractivity contribution in [3.8, 4) is 0 Å². The molecule has 1 aromatic rings. The lowest BCUT2D eigenvalue weighted by Crippen LogP contribution is -2.21. The molecule has 0 radical (unpaired) electrons. The van der Waals surface area contributed by atoms with Crippen LogP contribution in [0.2, 0.25) is 0 Å². The summed E-state index contributed by atoms with van der Waals surface area (Å²) < 4.78 is 0. The first kappa shape index (κ1) is 13.0. The molecule has 0 spiro atoms. The Hall–Kier alpha value is -1.02. The first-order valence-electron chi connectivity index (χ1n) is 6.00. The van der Waals surface area contributed by atoms with Gasteiger partial charge in [-0.1, -0.05) is 32.0 Å². The average Bonchev–Trinajstić information content (AvgIpc) is 2.25. The Morgan fingerprint density at radius 2 is 1.81 bits per heavy atom. The second-order valence-corrected chi connectivity index (χ2v) is 4.84. The Bertz CT molecular complexity index is 320. The van der Waals surface area contributed by atoms with Crippen LogP contribution in [0.5, 0.6) is 0 Å². The van der Waals surface area contributed by atoms with Gasteiger partial charge in [-0.3, -0.25) is 0 Å². The highest BCUT2D eigenvalue weighted by Crippen LogP contribution is 2.25. The summed E-state index contributed by atoms with van der Waals surface area (Å²) in [7, 11) is 2.09. The van der Waals surface area contributed by atoms with E-state index in [1.165, 1.54) is 6.42 Å². The lowest BCUT2D eigenvalue weighted by atomic mass is 10.1. The minimum Gasteiger partial charge on any atom is -0.389 e. The summed E-state index contributed by atoms with van der Waals surface area (Å²) in [6.45, 7) is 7.30. The van der Waals surface area contributed by atoms with Gasteiger partial charge in [-0.25, -0.2) is 0 Å². The van der Waals surface area contributed by atoms with Crippen molar-refractivity contribution in [1.82, 2.24) is 0 Å². The Kier molecular flexibility index (Phi) is 4.81. The van der Waals surface area contributed by atoms with Crippen molar-refractivity contribution in [2.75, 3.05) is 18.5 Å². The van der Waals surface area contributed by atoms with E-state index in [9.17, 15) is 5.11 Å². The Balaban J connectivity index is 2.77. The van der Waals surface area contributed by atoms with Gasteiger partial charge in [0.2, 0.25) is 0 Å². The summed E-state index contributed by atoms with van der Waals surface area (Å²) in [6, 6.07) is 8.06. The van der Waals surface area contributed by atoms with E-state index < -0.39 is 6.10 Å². The van der Waals surface area contributed by atoms with Gasteiger partial charge in [-0.2, -0.15) is 0 Å². The van der Waals surface area contributed by atoms with Crippen LogP contribution in [0.3, 0.4) is 0 Å². The van der Waals surface area contributed by atoms with E-state index in [1.54, 1.807) is 0 Å². The quantitative estimate of drug-likeness (QED) is 0.825. The molecule has 1 atom stereocenters. The summed E-state index contributed by atoms with van der Waals surface area (Å²) in [6.07, 6.45) is 0.766. The number of hydrogen-bond donors (Lipinski definition) is 1. The minimum absolute atomic E-state index is 0.405. The van der Waals surface area contributed by atoms with E-state index in [0.29, 0.717) is 5.92 Å². The van der Waals surface area contributed by atoms with Gasteiger partial charge in [-0.15, -0.1) is 0 Å². The normalized spacial score (nSPS) is 12.9. The van der Waals surface area contributed by atoms with Crippen molar-refractivity contribution in [2.45, 2.75) is 33.3 Å². The number of hydrogen-bond acceptors (Lipinski definition) is 2. The van der Waals surface area contributed by atoms with E-state index >= 15 is 0 Å². The Morgan fingerprint density at radius 1 is 1.19 bits per heavy atom. The zero-order chi connectivity index (χ0) is 12.1. The second-order valence-electron chi connectivity index (χ2n) is 4.84. The maximum absolute atomic E-state index is 9.70. The standard InChI is InChI=1S/C14H23NO/c1-11(2)9-10-15(4)14-8-6-5-7-13(14)12(3)16/h5-8,11-12,16H,9-10H2,1-4H3/t12-/m0/s1. The van der Waals surface area contributed by atoms with Gasteiger partial charge in [0.05, 0.1) is 6.10 Å². The fraction of sp³-hybridized carbons (Fsp3) is 0.571. The van der Waals surface area contributed by atoms with Crippen LogP contribution < -0.4 is 4.90 Å². The zero-order valence-electron chi connectivity index (χ0n) is 10.8. The molecule has 0 bridgehead atoms. The van der Waals surface area contributed by atoms with E-state index in [1.807, 2.05) is 25.1 Å². The second kappa shape index (κ2) is 5.90. The van der Waals surface area contributed by atoms with E-state index in [2.05, 4.69) is 31.9 Å². The first-order chi connectivity index (χ1) is 7.52. The Morgan fingerprint density at radius 3 is 2.38 bits per heavy atom. The smallest absolute Gasteiger partial charge is 0.0781 e. The summed E-state index contributed by atoms with van der Waals surface area (Å²) in [4.78, 5) is 2.22. The molecule has 0 aliphatic heterocycles. The summed E-state index contributed by atoms with van der Waals surface area (Å²) in [5.74, 6) is 0.709. The summed E-state index contributed by atoms with van der Waals surface area (Å²) in [5, 5.41) is 9.70. The molecule has 1 rings (SSSR count). The van der Waals surface area contributed by atoms with Crippen molar-refractivity contribution in [3.63, 3.8) is 0 Å². The molecule has 2 nitrogen and oxygen atoms in total. The number of para-hydroxylation sites is 1. The molecule has 0 unspecified atom stereocenters. The monoisotopic (exact) mass is 221 g/mol. The summed E-state index contributed by atoms with van der Waals surface area (Å²) in [5.41, 5.74) is 2.15. The molecule has 0 aliphatic carbocycles. The lowest BCUT2D eigenvalue weighted by Gasteiger charge is -2.24. The molecule has 90 valence electrons. The molecule has 1 N–H and O–H groups in total. The number of rotatable bonds is 5. The van der Waals surface area contributed by atoms with Crippen LogP contribution in [-0.4, -0.2) is 18.7 Å². The molecule has 2 heteroatoms. The molecule has 0 amide bonds. The fourth-order valence-corrected chi connectivity index (χ4v) is 1.76. The first-order valence-corrected chi connectivity index (χ1v) is 6.00. The van der Waals surface area contributed by atoms with Gasteiger partial charge in [0, 0.05) is 24.8 Å². The number of anilines is 1. The predicted octanol–water partition coefficient (Wildman–Crippen LogP) is 3.22. The molecule has 0 aromatic heterocycles. The molecule has 1 aromatic carbocycles. The largest absolute Gasteiger partial charge is 0.389 e. The highest BCUT2D eigenvalue weighted by molar-refractivity contribution is 5.53. The molecular weight excluding hydrogens is 198 g/mol. The van der Waals surface area contributed by atoms with Crippen LogP contribution in [0, 0.1) is 5.92 Å². The van der Waals surface area contributed by atoms with Crippen LogP contribution in [-0.2, 0) is 0 Å². The van der Waals surface area contributed by atoms with Crippen molar-refractivity contribution in [1.29, 1.82) is 0 Å². The SMILES string of the molecule is CC(C)CCN(C)c1ccccc1[C@H](C)O. The third-order valence-electron chi connectivity index (χ3n) is 2.84. The lowest BCUT2D eigenvalue weighted by molar-refractivity contribution is 0.199. The van der Waals surface area contributed by atoms with E-state index in [4.69, 9.17) is 0 Å². The number of aliphatic hydroxyl groups is 1. The highest BCUT2D eigenvalue weighted by Gasteiger charge is 2.10. The van der Waals surface area contributed by atoms with Crippen LogP contribution in [0.25, 0.3) is 0 Å². The molecular formula is C14H23NO. The van der Waals surface area contributed by atoms with Gasteiger partial charge in [0.25, 0.3) is 0 Å². The van der Waals surface area contributed by atoms with Gasteiger partial charge >= 0.3 is 0 Å². The minimum atomic E-state index is -0.405. The topological polar surface area (TPSA) is 23.5 Å². The fourth-order valence-electron chi connectivity index (χ4n) is 1.76. The van der Waals surface area contributed by atoms with Crippen LogP contribution >= 0.6 is 0 Å². The van der Waals surface area contributed by atoms with Gasteiger partial charge in [-0.05, 0) is 25.3 Å². The predicted molar refractivity (Wildman–Crippen MR) is 69.8 cm³/mol. The Labute approximate surface area is 98.9 Å².